The Morgan fingerprint density at radius 3 is 1.79 bits per heavy atom. The first-order chi connectivity index (χ1) is 19.0. The molecule has 0 aliphatic heterocycles. The molecule has 0 N–H and O–H groups in total. The van der Waals surface area contributed by atoms with Gasteiger partial charge in [-0.2, -0.15) is 10.2 Å². The van der Waals surface area contributed by atoms with Crippen molar-refractivity contribution in [1.29, 1.82) is 0 Å². The van der Waals surface area contributed by atoms with E-state index in [4.69, 9.17) is 23.0 Å². The molecule has 5 aromatic rings. The molecule has 0 bridgehead atoms. The van der Waals surface area contributed by atoms with Crippen molar-refractivity contribution in [1.82, 2.24) is 14.3 Å². The number of rotatable bonds is 9. The normalized spacial score (nSPS) is 12.2. The first-order valence-electron chi connectivity index (χ1n) is 13.4. The Bertz CT molecular complexity index is 1610. The Morgan fingerprint density at radius 2 is 1.21 bits per heavy atom. The summed E-state index contributed by atoms with van der Waals surface area (Å²) in [5, 5.41) is 9.91. The number of benzene rings is 2. The molecule has 39 heavy (non-hydrogen) atoms. The Hall–Kier alpha value is -4.45. The van der Waals surface area contributed by atoms with Crippen molar-refractivity contribution >= 4 is 24.9 Å². The van der Waals surface area contributed by atoms with Crippen molar-refractivity contribution in [2.45, 2.75) is 40.0 Å². The van der Waals surface area contributed by atoms with E-state index < -0.39 is 0 Å². The van der Waals surface area contributed by atoms with Crippen LogP contribution < -0.4 is 5.59 Å². The molecule has 0 aliphatic rings. The van der Waals surface area contributed by atoms with Crippen LogP contribution in [0.25, 0.3) is 22.5 Å². The van der Waals surface area contributed by atoms with Crippen molar-refractivity contribution in [3.63, 3.8) is 0 Å². The molecule has 2 radical (unpaired) electrons. The molecule has 0 spiro atoms. The zero-order valence-electron chi connectivity index (χ0n) is 22.7. The fourth-order valence-electron chi connectivity index (χ4n) is 4.59. The molecule has 192 valence electrons. The minimum Gasteiger partial charge on any atom is -0.248 e. The molecule has 5 nitrogen and oxygen atoms in total. The Labute approximate surface area is 232 Å². The number of unbranched alkanes of at least 4 members (excludes halogenated alkanes) is 1. The van der Waals surface area contributed by atoms with Gasteiger partial charge in [-0.05, 0) is 68.7 Å². The molecule has 6 heteroatoms. The van der Waals surface area contributed by atoms with Crippen LogP contribution in [0, 0.1) is 0 Å². The first-order valence-corrected chi connectivity index (χ1v) is 13.4. The van der Waals surface area contributed by atoms with Crippen molar-refractivity contribution in [2.75, 3.05) is 0 Å². The van der Waals surface area contributed by atoms with Crippen LogP contribution in [0.2, 0.25) is 0 Å². The Kier molecular flexibility index (Phi) is 8.02. The lowest BCUT2D eigenvalue weighted by Gasteiger charge is -2.11. The van der Waals surface area contributed by atoms with E-state index >= 15 is 0 Å². The molecule has 0 fully saturated rings. The third kappa shape index (κ3) is 5.85. The summed E-state index contributed by atoms with van der Waals surface area (Å²) in [6, 6.07) is 34.7. The number of hydrogen-bond acceptors (Lipinski definition) is 3. The first kappa shape index (κ1) is 26.2. The number of nitrogens with zero attached hydrogens (tertiary/aromatic N) is 5. The van der Waals surface area contributed by atoms with Crippen LogP contribution in [0.1, 0.15) is 50.7 Å². The second-order valence-electron chi connectivity index (χ2n) is 9.59. The van der Waals surface area contributed by atoms with Crippen LogP contribution in [-0.2, 0) is 6.42 Å². The van der Waals surface area contributed by atoms with Gasteiger partial charge in [-0.25, -0.2) is 14.3 Å². The largest absolute Gasteiger partial charge is 0.248 e. The third-order valence-corrected chi connectivity index (χ3v) is 6.73. The molecule has 0 saturated carbocycles. The molecule has 3 heterocycles. The average molecular weight is 509 g/mol. The molecular formula is C33H32BN5. The van der Waals surface area contributed by atoms with Crippen molar-refractivity contribution in [3.8, 4) is 22.5 Å². The number of aromatic nitrogens is 3. The van der Waals surface area contributed by atoms with Crippen molar-refractivity contribution in [2.24, 2.45) is 10.2 Å². The van der Waals surface area contributed by atoms with Crippen molar-refractivity contribution < 1.29 is 0 Å². The second kappa shape index (κ2) is 11.9. The average Bonchev–Trinajstić information content (AvgIpc) is 3.55. The fourth-order valence-corrected chi connectivity index (χ4v) is 4.59. The molecular weight excluding hydrogens is 477 g/mol. The molecule has 5 rings (SSSR count). The van der Waals surface area contributed by atoms with Gasteiger partial charge in [-0.15, -0.1) is 0 Å². The summed E-state index contributed by atoms with van der Waals surface area (Å²) in [6.07, 6.45) is 3.22. The van der Waals surface area contributed by atoms with Gasteiger partial charge in [0.2, 0.25) is 0 Å². The minimum atomic E-state index is 0.572. The van der Waals surface area contributed by atoms with Crippen LogP contribution >= 0.6 is 0 Å². The van der Waals surface area contributed by atoms with Crippen LogP contribution in [0.3, 0.4) is 0 Å². The highest BCUT2D eigenvalue weighted by Crippen LogP contribution is 2.24. The molecule has 3 aromatic heterocycles. The highest BCUT2D eigenvalue weighted by Gasteiger charge is 2.12. The SMILES string of the molecule is [B]c1ccc(-c2ccccc2)n1/N=C(\C)c1cccc(/C(C)=N/n2c(CCCC)ccc2-c2ccccc2)n1. The summed E-state index contributed by atoms with van der Waals surface area (Å²) in [5.74, 6) is 0. The summed E-state index contributed by atoms with van der Waals surface area (Å²) < 4.78 is 3.84. The highest BCUT2D eigenvalue weighted by atomic mass is 15.4. The van der Waals surface area contributed by atoms with Crippen LogP contribution in [-0.4, -0.2) is 33.6 Å². The monoisotopic (exact) mass is 509 g/mol. The van der Waals surface area contributed by atoms with E-state index in [-0.39, 0.29) is 0 Å². The Balaban J connectivity index is 1.50. The van der Waals surface area contributed by atoms with Gasteiger partial charge in [-0.1, -0.05) is 80.1 Å². The van der Waals surface area contributed by atoms with Crippen LogP contribution in [0.5, 0.6) is 0 Å². The fraction of sp³-hybridized carbons (Fsp3) is 0.182. The number of pyridine rings is 1. The van der Waals surface area contributed by atoms with Gasteiger partial charge in [0, 0.05) is 16.8 Å². The summed E-state index contributed by atoms with van der Waals surface area (Å²) >= 11 is 0. The molecule has 0 atom stereocenters. The quantitative estimate of drug-likeness (QED) is 0.161. The third-order valence-electron chi connectivity index (χ3n) is 6.73. The number of aryl methyl sites for hydroxylation is 1. The minimum absolute atomic E-state index is 0.572. The van der Waals surface area contributed by atoms with Gasteiger partial charge >= 0.3 is 0 Å². The van der Waals surface area contributed by atoms with Gasteiger partial charge in [0.1, 0.15) is 7.85 Å². The lowest BCUT2D eigenvalue weighted by atomic mass is 10.1. The van der Waals surface area contributed by atoms with Crippen molar-refractivity contribution in [3.05, 3.63) is 120 Å². The zero-order valence-corrected chi connectivity index (χ0v) is 22.7. The summed E-state index contributed by atoms with van der Waals surface area (Å²) in [7, 11) is 6.28. The molecule has 2 aromatic carbocycles. The summed E-state index contributed by atoms with van der Waals surface area (Å²) in [6.45, 7) is 6.17. The number of hydrogen-bond donors (Lipinski definition) is 0. The zero-order chi connectivity index (χ0) is 27.2. The molecule has 0 unspecified atom stereocenters. The topological polar surface area (TPSA) is 47.5 Å². The van der Waals surface area contributed by atoms with E-state index in [1.807, 2.05) is 68.4 Å². The smallest absolute Gasteiger partial charge is 0.141 e. The highest BCUT2D eigenvalue weighted by molar-refractivity contribution is 6.31. The van der Waals surface area contributed by atoms with Gasteiger partial charge in [-0.3, -0.25) is 0 Å². The van der Waals surface area contributed by atoms with E-state index in [0.29, 0.717) is 5.59 Å². The molecule has 0 amide bonds. The maximum absolute atomic E-state index is 6.28. The van der Waals surface area contributed by atoms with Gasteiger partial charge < -0.3 is 0 Å². The summed E-state index contributed by atoms with van der Waals surface area (Å²) in [5.41, 5.74) is 9.14. The maximum atomic E-state index is 6.28. The van der Waals surface area contributed by atoms with Gasteiger partial charge in [0.25, 0.3) is 0 Å². The van der Waals surface area contributed by atoms with E-state index in [1.165, 1.54) is 5.69 Å². The molecule has 0 aliphatic carbocycles. The van der Waals surface area contributed by atoms with Gasteiger partial charge in [0.15, 0.2) is 0 Å². The molecule has 0 saturated heterocycles. The van der Waals surface area contributed by atoms with E-state index in [0.717, 1.165) is 64.6 Å². The standard InChI is InChI=1S/C33H32BN5/c1-4-5-17-28-20-21-31(26-13-8-6-9-14-26)38(28)36-24(2)29-18-12-19-30(35-29)25(3)37-39-32(22-23-33(39)34)27-15-10-7-11-16-27/h6-16,18-23H,4-5,17H2,1-3H3/b36-24+,37-25+. The van der Waals surface area contributed by atoms with E-state index in [1.54, 1.807) is 4.68 Å². The summed E-state index contributed by atoms with van der Waals surface area (Å²) in [4.78, 5) is 4.93. The predicted molar refractivity (Wildman–Crippen MR) is 163 cm³/mol. The lowest BCUT2D eigenvalue weighted by Crippen LogP contribution is -2.16. The lowest BCUT2D eigenvalue weighted by molar-refractivity contribution is 0.726. The maximum Gasteiger partial charge on any atom is 0.141 e. The van der Waals surface area contributed by atoms with Gasteiger partial charge in [0.05, 0.1) is 34.2 Å². The van der Waals surface area contributed by atoms with Crippen LogP contribution in [0.4, 0.5) is 0 Å². The Morgan fingerprint density at radius 1 is 0.667 bits per heavy atom. The predicted octanol–water partition coefficient (Wildman–Crippen LogP) is 6.70. The second-order valence-corrected chi connectivity index (χ2v) is 9.59. The van der Waals surface area contributed by atoms with Crippen LogP contribution in [0.15, 0.2) is 113 Å². The van der Waals surface area contributed by atoms with E-state index in [2.05, 4.69) is 60.1 Å². The van der Waals surface area contributed by atoms with E-state index in [9.17, 15) is 0 Å².